The fourth-order valence-electron chi connectivity index (χ4n) is 2.91. The summed E-state index contributed by atoms with van der Waals surface area (Å²) in [7, 11) is 1.89. The summed E-state index contributed by atoms with van der Waals surface area (Å²) in [6, 6.07) is 2.46. The van der Waals surface area contributed by atoms with Gasteiger partial charge in [0, 0.05) is 31.2 Å². The first-order valence-corrected chi connectivity index (χ1v) is 9.18. The van der Waals surface area contributed by atoms with Gasteiger partial charge in [-0.2, -0.15) is 0 Å². The van der Waals surface area contributed by atoms with Crippen molar-refractivity contribution < 1.29 is 18.3 Å². The molecule has 0 aliphatic carbocycles. The molecule has 0 unspecified atom stereocenters. The lowest BCUT2D eigenvalue weighted by Gasteiger charge is -2.37. The van der Waals surface area contributed by atoms with E-state index in [2.05, 4.69) is 15.9 Å². The molecule has 7 heteroatoms. The predicted molar refractivity (Wildman–Crippen MR) is 96.4 cm³/mol. The number of benzene rings is 1. The lowest BCUT2D eigenvalue weighted by atomic mass is 10.0. The van der Waals surface area contributed by atoms with E-state index in [-0.39, 0.29) is 16.6 Å². The molecule has 1 saturated heterocycles. The molecule has 1 aliphatic rings. The second-order valence-corrected chi connectivity index (χ2v) is 8.23. The van der Waals surface area contributed by atoms with Crippen LogP contribution in [-0.2, 0) is 11.3 Å². The van der Waals surface area contributed by atoms with E-state index in [0.29, 0.717) is 25.2 Å². The average molecular weight is 419 g/mol. The highest BCUT2D eigenvalue weighted by molar-refractivity contribution is 9.10. The Morgan fingerprint density at radius 1 is 1.28 bits per heavy atom. The number of piperidine rings is 1. The lowest BCUT2D eigenvalue weighted by molar-refractivity contribution is 0.0152. The number of likely N-dealkylation sites (tertiary alicyclic amines) is 1. The summed E-state index contributed by atoms with van der Waals surface area (Å²) >= 11 is 3.13. The van der Waals surface area contributed by atoms with E-state index in [9.17, 15) is 13.6 Å². The van der Waals surface area contributed by atoms with Crippen molar-refractivity contribution in [1.82, 2.24) is 9.80 Å². The molecule has 0 spiro atoms. The molecule has 2 rings (SSSR count). The van der Waals surface area contributed by atoms with E-state index in [4.69, 9.17) is 4.74 Å². The highest BCUT2D eigenvalue weighted by Crippen LogP contribution is 2.26. The van der Waals surface area contributed by atoms with Gasteiger partial charge in [0.1, 0.15) is 17.2 Å². The standard InChI is InChI=1S/C18H25BrF2N2O2/c1-18(2,3)25-17(24)23-9-7-12(8-10-23)22(4)11-13-14(20)5-6-15(21)16(13)19/h5-6,12H,7-11H2,1-4H3. The molecule has 1 fully saturated rings. The van der Waals surface area contributed by atoms with Crippen molar-refractivity contribution in [2.45, 2.75) is 51.8 Å². The van der Waals surface area contributed by atoms with Gasteiger partial charge in [0.15, 0.2) is 0 Å². The first-order chi connectivity index (χ1) is 11.6. The number of nitrogens with zero attached hydrogens (tertiary/aromatic N) is 2. The van der Waals surface area contributed by atoms with Gasteiger partial charge in [-0.05, 0) is 68.7 Å². The van der Waals surface area contributed by atoms with Gasteiger partial charge in [-0.25, -0.2) is 13.6 Å². The van der Waals surface area contributed by atoms with Crippen molar-refractivity contribution in [1.29, 1.82) is 0 Å². The third kappa shape index (κ3) is 5.38. The molecule has 1 aromatic carbocycles. The number of amides is 1. The molecule has 4 nitrogen and oxygen atoms in total. The number of hydrogen-bond acceptors (Lipinski definition) is 3. The molecule has 1 amide bonds. The Labute approximate surface area is 156 Å². The largest absolute Gasteiger partial charge is 0.444 e. The van der Waals surface area contributed by atoms with Crippen LogP contribution in [0, 0.1) is 11.6 Å². The molecular formula is C18H25BrF2N2O2. The minimum atomic E-state index is -0.508. The molecule has 0 atom stereocenters. The fraction of sp³-hybridized carbons (Fsp3) is 0.611. The number of rotatable bonds is 3. The Bertz CT molecular complexity index is 626. The molecule has 1 heterocycles. The van der Waals surface area contributed by atoms with E-state index < -0.39 is 17.2 Å². The average Bonchev–Trinajstić information content (AvgIpc) is 2.53. The summed E-state index contributed by atoms with van der Waals surface area (Å²) in [4.78, 5) is 15.8. The number of ether oxygens (including phenoxy) is 1. The maximum Gasteiger partial charge on any atom is 0.410 e. The third-order valence-corrected chi connectivity index (χ3v) is 5.14. The molecule has 0 radical (unpaired) electrons. The number of carbonyl (C=O) groups is 1. The zero-order chi connectivity index (χ0) is 18.8. The van der Waals surface area contributed by atoms with Crippen LogP contribution in [0.3, 0.4) is 0 Å². The number of hydrogen-bond donors (Lipinski definition) is 0. The highest BCUT2D eigenvalue weighted by Gasteiger charge is 2.29. The highest BCUT2D eigenvalue weighted by atomic mass is 79.9. The summed E-state index contributed by atoms with van der Waals surface area (Å²) in [5.41, 5.74) is -0.191. The van der Waals surface area contributed by atoms with Crippen LogP contribution in [0.1, 0.15) is 39.2 Å². The second kappa shape index (κ2) is 7.99. The predicted octanol–water partition coefficient (Wildman–Crippen LogP) is 4.56. The maximum absolute atomic E-state index is 14.0. The summed E-state index contributed by atoms with van der Waals surface area (Å²) in [6.45, 7) is 7.03. The summed E-state index contributed by atoms with van der Waals surface area (Å²) in [5, 5.41) is 0. The molecule has 0 bridgehead atoms. The first-order valence-electron chi connectivity index (χ1n) is 8.39. The first kappa shape index (κ1) is 20.1. The maximum atomic E-state index is 14.0. The Morgan fingerprint density at radius 3 is 2.40 bits per heavy atom. The van der Waals surface area contributed by atoms with Gasteiger partial charge >= 0.3 is 6.09 Å². The van der Waals surface area contributed by atoms with Crippen LogP contribution in [-0.4, -0.2) is 47.7 Å². The molecule has 140 valence electrons. The number of halogens is 3. The van der Waals surface area contributed by atoms with Gasteiger partial charge in [0.05, 0.1) is 4.47 Å². The van der Waals surface area contributed by atoms with Gasteiger partial charge in [-0.15, -0.1) is 0 Å². The van der Waals surface area contributed by atoms with Gasteiger partial charge in [-0.3, -0.25) is 4.90 Å². The van der Waals surface area contributed by atoms with E-state index >= 15 is 0 Å². The molecule has 1 aliphatic heterocycles. The normalized spacial score (nSPS) is 16.4. The Kier molecular flexibility index (Phi) is 6.43. The van der Waals surface area contributed by atoms with Crippen LogP contribution >= 0.6 is 15.9 Å². The Morgan fingerprint density at radius 2 is 1.84 bits per heavy atom. The molecular weight excluding hydrogens is 394 g/mol. The minimum Gasteiger partial charge on any atom is -0.444 e. The van der Waals surface area contributed by atoms with Crippen LogP contribution < -0.4 is 0 Å². The topological polar surface area (TPSA) is 32.8 Å². The van der Waals surface area contributed by atoms with Crippen molar-refractivity contribution in [2.24, 2.45) is 0 Å². The van der Waals surface area contributed by atoms with Gasteiger partial charge in [0.2, 0.25) is 0 Å². The zero-order valence-electron chi connectivity index (χ0n) is 15.1. The van der Waals surface area contributed by atoms with Crippen LogP contribution in [0.4, 0.5) is 13.6 Å². The molecule has 1 aromatic rings. The van der Waals surface area contributed by atoms with Gasteiger partial charge < -0.3 is 9.64 Å². The summed E-state index contributed by atoms with van der Waals surface area (Å²) in [6.07, 6.45) is 1.24. The molecule has 0 saturated carbocycles. The summed E-state index contributed by atoms with van der Waals surface area (Å²) in [5.74, 6) is -0.893. The van der Waals surface area contributed by atoms with Crippen molar-refractivity contribution in [2.75, 3.05) is 20.1 Å². The monoisotopic (exact) mass is 418 g/mol. The SMILES string of the molecule is CN(Cc1c(F)ccc(F)c1Br)C1CCN(C(=O)OC(C)(C)C)CC1. The van der Waals surface area contributed by atoms with Gasteiger partial charge in [-0.1, -0.05) is 0 Å². The third-order valence-electron chi connectivity index (χ3n) is 4.29. The Hall–Kier alpha value is -1.21. The Balaban J connectivity index is 1.93. The molecule has 25 heavy (non-hydrogen) atoms. The molecule has 0 N–H and O–H groups in total. The van der Waals surface area contributed by atoms with Crippen molar-refractivity contribution in [3.8, 4) is 0 Å². The van der Waals surface area contributed by atoms with Crippen LogP contribution in [0.5, 0.6) is 0 Å². The summed E-state index contributed by atoms with van der Waals surface area (Å²) < 4.78 is 33.2. The zero-order valence-corrected chi connectivity index (χ0v) is 16.7. The van der Waals surface area contributed by atoms with Gasteiger partial charge in [0.25, 0.3) is 0 Å². The minimum absolute atomic E-state index is 0.172. The van der Waals surface area contributed by atoms with E-state index in [1.807, 2.05) is 32.7 Å². The molecule has 0 aromatic heterocycles. The lowest BCUT2D eigenvalue weighted by Crippen LogP contribution is -2.46. The second-order valence-electron chi connectivity index (χ2n) is 7.44. The van der Waals surface area contributed by atoms with Crippen molar-refractivity contribution >= 4 is 22.0 Å². The van der Waals surface area contributed by atoms with Crippen LogP contribution in [0.2, 0.25) is 0 Å². The van der Waals surface area contributed by atoms with Crippen molar-refractivity contribution in [3.05, 3.63) is 33.8 Å². The van der Waals surface area contributed by atoms with E-state index in [1.165, 1.54) is 0 Å². The van der Waals surface area contributed by atoms with Crippen LogP contribution in [0.25, 0.3) is 0 Å². The van der Waals surface area contributed by atoms with E-state index in [0.717, 1.165) is 25.0 Å². The van der Waals surface area contributed by atoms with Crippen molar-refractivity contribution in [3.63, 3.8) is 0 Å². The van der Waals surface area contributed by atoms with Crippen LogP contribution in [0.15, 0.2) is 16.6 Å². The quantitative estimate of drug-likeness (QED) is 0.674. The smallest absolute Gasteiger partial charge is 0.410 e. The fourth-order valence-corrected chi connectivity index (χ4v) is 3.36. The number of carbonyl (C=O) groups excluding carboxylic acids is 1. The van der Waals surface area contributed by atoms with E-state index in [1.54, 1.807) is 4.90 Å².